The van der Waals surface area contributed by atoms with Crippen LogP contribution in [0.15, 0.2) is 42.5 Å². The second-order valence-electron chi connectivity index (χ2n) is 6.98. The number of carbonyl (C=O) groups is 1. The van der Waals surface area contributed by atoms with E-state index in [2.05, 4.69) is 10.6 Å². The Morgan fingerprint density at radius 3 is 2.32 bits per heavy atom. The van der Waals surface area contributed by atoms with Crippen LogP contribution in [0, 0.1) is 5.82 Å². The van der Waals surface area contributed by atoms with Gasteiger partial charge in [-0.25, -0.2) is 4.39 Å². The Balaban J connectivity index is 1.48. The zero-order valence-electron chi connectivity index (χ0n) is 13.8. The maximum atomic E-state index is 14.5. The molecule has 2 N–H and O–H groups in total. The highest BCUT2D eigenvalue weighted by Crippen LogP contribution is 2.27. The lowest BCUT2D eigenvalue weighted by atomic mass is 9.99. The normalized spacial score (nSPS) is 25.0. The molecule has 25 heavy (non-hydrogen) atoms. The van der Waals surface area contributed by atoms with Crippen molar-refractivity contribution in [3.8, 4) is 11.1 Å². The Morgan fingerprint density at radius 2 is 1.68 bits per heavy atom. The molecule has 2 bridgehead atoms. The van der Waals surface area contributed by atoms with E-state index in [1.165, 1.54) is 18.9 Å². The van der Waals surface area contributed by atoms with Gasteiger partial charge in [0.15, 0.2) is 0 Å². The number of hydrogen-bond acceptors (Lipinski definition) is 2. The van der Waals surface area contributed by atoms with Crippen LogP contribution < -0.4 is 10.6 Å². The summed E-state index contributed by atoms with van der Waals surface area (Å²) in [6.07, 6.45) is 4.18. The molecule has 2 atom stereocenters. The summed E-state index contributed by atoms with van der Waals surface area (Å²) in [5.74, 6) is -0.826. The molecule has 2 aromatic carbocycles. The lowest BCUT2D eigenvalue weighted by molar-refractivity contribution is 0.0920. The summed E-state index contributed by atoms with van der Waals surface area (Å²) >= 11 is 5.88. The summed E-state index contributed by atoms with van der Waals surface area (Å²) in [7, 11) is 0. The highest BCUT2D eigenvalue weighted by atomic mass is 35.5. The van der Waals surface area contributed by atoms with Gasteiger partial charge in [0.25, 0.3) is 5.91 Å². The first-order valence-corrected chi connectivity index (χ1v) is 9.08. The Kier molecular flexibility index (Phi) is 4.48. The van der Waals surface area contributed by atoms with Crippen molar-refractivity contribution in [2.75, 3.05) is 0 Å². The van der Waals surface area contributed by atoms with Crippen LogP contribution in [0.25, 0.3) is 11.1 Å². The van der Waals surface area contributed by atoms with Gasteiger partial charge in [-0.3, -0.25) is 4.79 Å². The first-order valence-electron chi connectivity index (χ1n) is 8.71. The molecule has 130 valence electrons. The van der Waals surface area contributed by atoms with E-state index in [0.29, 0.717) is 17.1 Å². The SMILES string of the molecule is O=C(NC1CC2CCC(C1)N2)c1ccc(-c2ccc(Cl)cc2)cc1F. The summed E-state index contributed by atoms with van der Waals surface area (Å²) in [5, 5.41) is 7.18. The van der Waals surface area contributed by atoms with Crippen molar-refractivity contribution >= 4 is 17.5 Å². The second-order valence-corrected chi connectivity index (χ2v) is 7.42. The van der Waals surface area contributed by atoms with E-state index in [4.69, 9.17) is 11.6 Å². The fourth-order valence-corrected chi connectivity index (χ4v) is 4.09. The summed E-state index contributed by atoms with van der Waals surface area (Å²) in [4.78, 5) is 12.5. The van der Waals surface area contributed by atoms with Gasteiger partial charge >= 0.3 is 0 Å². The number of amides is 1. The summed E-state index contributed by atoms with van der Waals surface area (Å²) < 4.78 is 14.5. The topological polar surface area (TPSA) is 41.1 Å². The first-order chi connectivity index (χ1) is 12.1. The Hall–Kier alpha value is -1.91. The molecule has 3 nitrogen and oxygen atoms in total. The smallest absolute Gasteiger partial charge is 0.254 e. The Bertz CT molecular complexity index is 781. The number of nitrogens with one attached hydrogen (secondary N) is 2. The lowest BCUT2D eigenvalue weighted by Crippen LogP contribution is -2.48. The summed E-state index contributed by atoms with van der Waals surface area (Å²) in [5.41, 5.74) is 1.69. The number of carbonyl (C=O) groups excluding carboxylic acids is 1. The Morgan fingerprint density at radius 1 is 1.04 bits per heavy atom. The first kappa shape index (κ1) is 16.6. The molecule has 1 amide bonds. The fourth-order valence-electron chi connectivity index (χ4n) is 3.96. The highest BCUT2D eigenvalue weighted by molar-refractivity contribution is 6.30. The van der Waals surface area contributed by atoms with Crippen LogP contribution in [0.5, 0.6) is 0 Å². The molecule has 2 fully saturated rings. The van der Waals surface area contributed by atoms with Crippen molar-refractivity contribution in [1.82, 2.24) is 10.6 Å². The van der Waals surface area contributed by atoms with Gasteiger partial charge in [0.2, 0.25) is 0 Å². The molecule has 2 aliphatic heterocycles. The van der Waals surface area contributed by atoms with Crippen LogP contribution in [-0.2, 0) is 0 Å². The number of halogens is 2. The Labute approximate surface area is 151 Å². The third-order valence-corrected chi connectivity index (χ3v) is 5.45. The molecule has 2 aromatic rings. The molecule has 0 spiro atoms. The van der Waals surface area contributed by atoms with Gasteiger partial charge in [-0.1, -0.05) is 29.8 Å². The van der Waals surface area contributed by atoms with Crippen LogP contribution in [-0.4, -0.2) is 24.0 Å². The van der Waals surface area contributed by atoms with Gasteiger partial charge in [0.1, 0.15) is 5.82 Å². The third kappa shape index (κ3) is 3.55. The van der Waals surface area contributed by atoms with Gasteiger partial charge in [0, 0.05) is 23.1 Å². The molecule has 2 aliphatic rings. The van der Waals surface area contributed by atoms with Crippen LogP contribution in [0.2, 0.25) is 5.02 Å². The van der Waals surface area contributed by atoms with Crippen molar-refractivity contribution < 1.29 is 9.18 Å². The largest absolute Gasteiger partial charge is 0.349 e. The third-order valence-electron chi connectivity index (χ3n) is 5.20. The molecule has 2 saturated heterocycles. The predicted octanol–water partition coefficient (Wildman–Crippen LogP) is 4.16. The van der Waals surface area contributed by atoms with E-state index in [1.54, 1.807) is 24.3 Å². The summed E-state index contributed by atoms with van der Waals surface area (Å²) in [6, 6.07) is 13.0. The number of fused-ring (bicyclic) bond motifs is 2. The zero-order valence-corrected chi connectivity index (χ0v) is 14.5. The van der Waals surface area contributed by atoms with Crippen molar-refractivity contribution in [3.63, 3.8) is 0 Å². The number of hydrogen-bond donors (Lipinski definition) is 2. The minimum absolute atomic E-state index is 0.101. The van der Waals surface area contributed by atoms with Crippen LogP contribution >= 0.6 is 11.6 Å². The minimum atomic E-state index is -0.498. The van der Waals surface area contributed by atoms with E-state index >= 15 is 0 Å². The quantitative estimate of drug-likeness (QED) is 0.865. The molecule has 0 radical (unpaired) electrons. The minimum Gasteiger partial charge on any atom is -0.349 e. The van der Waals surface area contributed by atoms with Gasteiger partial charge < -0.3 is 10.6 Å². The monoisotopic (exact) mass is 358 g/mol. The highest BCUT2D eigenvalue weighted by Gasteiger charge is 2.34. The van der Waals surface area contributed by atoms with Crippen molar-refractivity contribution in [3.05, 3.63) is 58.9 Å². The molecule has 2 unspecified atom stereocenters. The van der Waals surface area contributed by atoms with Crippen LogP contribution in [0.1, 0.15) is 36.0 Å². The number of benzene rings is 2. The molecular weight excluding hydrogens is 339 g/mol. The van der Waals surface area contributed by atoms with Gasteiger partial charge in [0.05, 0.1) is 5.56 Å². The van der Waals surface area contributed by atoms with Gasteiger partial charge in [-0.05, 0) is 61.1 Å². The molecule has 4 rings (SSSR count). The average molecular weight is 359 g/mol. The van der Waals surface area contributed by atoms with E-state index in [1.807, 2.05) is 12.1 Å². The van der Waals surface area contributed by atoms with Crippen LogP contribution in [0.3, 0.4) is 0 Å². The molecular formula is C20H20ClFN2O. The molecule has 5 heteroatoms. The van der Waals surface area contributed by atoms with E-state index in [-0.39, 0.29) is 17.5 Å². The van der Waals surface area contributed by atoms with Gasteiger partial charge in [-0.2, -0.15) is 0 Å². The lowest BCUT2D eigenvalue weighted by Gasteiger charge is -2.29. The maximum absolute atomic E-state index is 14.5. The van der Waals surface area contributed by atoms with Gasteiger partial charge in [-0.15, -0.1) is 0 Å². The predicted molar refractivity (Wildman–Crippen MR) is 97.3 cm³/mol. The molecule has 0 aliphatic carbocycles. The zero-order chi connectivity index (χ0) is 17.4. The molecule has 2 heterocycles. The van der Waals surface area contributed by atoms with E-state index in [0.717, 1.165) is 24.0 Å². The molecule has 0 saturated carbocycles. The summed E-state index contributed by atoms with van der Waals surface area (Å²) in [6.45, 7) is 0. The van der Waals surface area contributed by atoms with Crippen LogP contribution in [0.4, 0.5) is 4.39 Å². The van der Waals surface area contributed by atoms with Crippen molar-refractivity contribution in [2.24, 2.45) is 0 Å². The maximum Gasteiger partial charge on any atom is 0.254 e. The second kappa shape index (κ2) is 6.77. The molecule has 0 aromatic heterocycles. The standard InChI is InChI=1S/C20H20ClFN2O/c21-14-4-1-12(2-5-14)13-3-8-18(19(22)9-13)20(25)24-17-10-15-6-7-16(11-17)23-15/h1-5,8-9,15-17,23H,6-7,10-11H2,(H,24,25). The van der Waals surface area contributed by atoms with Crippen molar-refractivity contribution in [1.29, 1.82) is 0 Å². The van der Waals surface area contributed by atoms with Crippen molar-refractivity contribution in [2.45, 2.75) is 43.8 Å². The van der Waals surface area contributed by atoms with E-state index < -0.39 is 5.82 Å². The number of piperidine rings is 1. The number of rotatable bonds is 3. The van der Waals surface area contributed by atoms with E-state index in [9.17, 15) is 9.18 Å². The average Bonchev–Trinajstić information content (AvgIpc) is 2.94. The fraction of sp³-hybridized carbons (Fsp3) is 0.350.